The Kier molecular flexibility index (Phi) is 9.75. The summed E-state index contributed by atoms with van der Waals surface area (Å²) in [5.74, 6) is -0.0735. The smallest absolute Gasteiger partial charge is 0.295 e. The Labute approximate surface area is 220 Å². The summed E-state index contributed by atoms with van der Waals surface area (Å²) >= 11 is 0. The van der Waals surface area contributed by atoms with Crippen molar-refractivity contribution in [1.82, 2.24) is 9.80 Å². The topological polar surface area (TPSA) is 79.3 Å². The Morgan fingerprint density at radius 2 is 1.41 bits per heavy atom. The van der Waals surface area contributed by atoms with Gasteiger partial charge in [0.2, 0.25) is 0 Å². The monoisotopic (exact) mass is 508 g/mol. The zero-order valence-electron chi connectivity index (χ0n) is 22.9. The zero-order chi connectivity index (χ0) is 27.1. The fourth-order valence-electron chi connectivity index (χ4n) is 4.58. The van der Waals surface area contributed by atoms with Crippen molar-refractivity contribution >= 4 is 17.4 Å². The molecule has 1 aliphatic heterocycles. The Bertz CT molecular complexity index is 1090. The van der Waals surface area contributed by atoms with Gasteiger partial charge >= 0.3 is 0 Å². The van der Waals surface area contributed by atoms with Crippen LogP contribution in [0.5, 0.6) is 11.5 Å². The number of benzene rings is 2. The molecule has 7 nitrogen and oxygen atoms in total. The molecular weight excluding hydrogens is 468 g/mol. The van der Waals surface area contributed by atoms with E-state index in [0.717, 1.165) is 31.6 Å². The largest absolute Gasteiger partial charge is 0.507 e. The maximum absolute atomic E-state index is 13.3. The van der Waals surface area contributed by atoms with E-state index in [-0.39, 0.29) is 23.5 Å². The molecule has 7 heteroatoms. The Hall–Kier alpha value is -3.32. The number of amides is 1. The molecule has 0 radical (unpaired) electrons. The van der Waals surface area contributed by atoms with Gasteiger partial charge in [0.1, 0.15) is 17.3 Å². The lowest BCUT2D eigenvalue weighted by molar-refractivity contribution is -0.140. The summed E-state index contributed by atoms with van der Waals surface area (Å²) in [7, 11) is 0. The number of ether oxygens (including phenoxy) is 2. The van der Waals surface area contributed by atoms with Crippen LogP contribution >= 0.6 is 0 Å². The minimum atomic E-state index is -0.684. The van der Waals surface area contributed by atoms with Crippen molar-refractivity contribution in [3.63, 3.8) is 0 Å². The van der Waals surface area contributed by atoms with Crippen LogP contribution in [0.2, 0.25) is 0 Å². The van der Waals surface area contributed by atoms with Gasteiger partial charge in [-0.2, -0.15) is 0 Å². The molecule has 0 bridgehead atoms. The van der Waals surface area contributed by atoms with E-state index in [1.54, 1.807) is 29.2 Å². The van der Waals surface area contributed by atoms with E-state index in [4.69, 9.17) is 9.47 Å². The third kappa shape index (κ3) is 6.92. The van der Waals surface area contributed by atoms with Crippen LogP contribution < -0.4 is 9.47 Å². The highest BCUT2D eigenvalue weighted by atomic mass is 16.5. The lowest BCUT2D eigenvalue weighted by atomic mass is 9.95. The maximum Gasteiger partial charge on any atom is 0.295 e. The number of ketones is 1. The summed E-state index contributed by atoms with van der Waals surface area (Å²) in [6, 6.07) is 13.6. The SMILES string of the molecule is CCN(CC)CCCN1C(=O)C(=O)/C(=C(\O)c2ccc(OC(C)C)cc2)C1c1ccc(OC(C)C)cc1. The van der Waals surface area contributed by atoms with Crippen molar-refractivity contribution in [2.75, 3.05) is 26.2 Å². The Balaban J connectivity index is 2.00. The van der Waals surface area contributed by atoms with E-state index in [0.29, 0.717) is 23.6 Å². The van der Waals surface area contributed by atoms with Gasteiger partial charge in [-0.15, -0.1) is 0 Å². The van der Waals surface area contributed by atoms with Gasteiger partial charge in [-0.3, -0.25) is 9.59 Å². The molecule has 2 aromatic rings. The second-order valence-corrected chi connectivity index (χ2v) is 9.80. The van der Waals surface area contributed by atoms with Gasteiger partial charge in [0, 0.05) is 12.1 Å². The number of rotatable bonds is 12. The number of hydrogen-bond donors (Lipinski definition) is 1. The molecular formula is C30H40N2O5. The number of Topliss-reactive ketones (excluding diaryl/α,β-unsaturated/α-hetero) is 1. The van der Waals surface area contributed by atoms with Crippen LogP contribution in [0.4, 0.5) is 0 Å². The third-order valence-electron chi connectivity index (χ3n) is 6.37. The molecule has 200 valence electrons. The molecule has 1 N–H and O–H groups in total. The molecule has 0 aromatic heterocycles. The van der Waals surface area contributed by atoms with Crippen molar-refractivity contribution in [3.05, 3.63) is 65.2 Å². The van der Waals surface area contributed by atoms with Gasteiger partial charge in [-0.25, -0.2) is 0 Å². The van der Waals surface area contributed by atoms with Gasteiger partial charge in [0.15, 0.2) is 0 Å². The lowest BCUT2D eigenvalue weighted by Crippen LogP contribution is -2.33. The van der Waals surface area contributed by atoms with Crippen molar-refractivity contribution in [1.29, 1.82) is 0 Å². The molecule has 37 heavy (non-hydrogen) atoms. The van der Waals surface area contributed by atoms with Crippen molar-refractivity contribution in [2.45, 2.75) is 66.2 Å². The number of aliphatic hydroxyl groups excluding tert-OH is 1. The highest BCUT2D eigenvalue weighted by molar-refractivity contribution is 6.46. The fourth-order valence-corrected chi connectivity index (χ4v) is 4.58. The van der Waals surface area contributed by atoms with Crippen molar-refractivity contribution in [2.24, 2.45) is 0 Å². The second kappa shape index (κ2) is 12.8. The lowest BCUT2D eigenvalue weighted by Gasteiger charge is -2.27. The van der Waals surface area contributed by atoms with Gasteiger partial charge in [-0.05, 0) is 95.7 Å². The second-order valence-electron chi connectivity index (χ2n) is 9.80. The molecule has 2 aromatic carbocycles. The summed E-state index contributed by atoms with van der Waals surface area (Å²) in [5.41, 5.74) is 1.31. The van der Waals surface area contributed by atoms with E-state index >= 15 is 0 Å². The van der Waals surface area contributed by atoms with E-state index < -0.39 is 17.7 Å². The quantitative estimate of drug-likeness (QED) is 0.234. The normalized spacial score (nSPS) is 17.3. The highest BCUT2D eigenvalue weighted by Gasteiger charge is 2.45. The van der Waals surface area contributed by atoms with Crippen LogP contribution in [-0.2, 0) is 9.59 Å². The molecule has 1 atom stereocenters. The molecule has 1 amide bonds. The van der Waals surface area contributed by atoms with Crippen LogP contribution in [0.15, 0.2) is 54.1 Å². The first-order chi connectivity index (χ1) is 17.7. The van der Waals surface area contributed by atoms with Crippen molar-refractivity contribution < 1.29 is 24.2 Å². The number of carbonyl (C=O) groups excluding carboxylic acids is 2. The van der Waals surface area contributed by atoms with Crippen LogP contribution in [0.25, 0.3) is 5.76 Å². The summed E-state index contributed by atoms with van der Waals surface area (Å²) < 4.78 is 11.5. The number of likely N-dealkylation sites (tertiary alicyclic amines) is 1. The van der Waals surface area contributed by atoms with Crippen LogP contribution in [-0.4, -0.2) is 65.0 Å². The molecule has 1 unspecified atom stereocenters. The first-order valence-electron chi connectivity index (χ1n) is 13.2. The summed E-state index contributed by atoms with van der Waals surface area (Å²) in [6.07, 6.45) is 0.768. The number of carbonyl (C=O) groups is 2. The maximum atomic E-state index is 13.3. The minimum Gasteiger partial charge on any atom is -0.507 e. The van der Waals surface area contributed by atoms with Crippen molar-refractivity contribution in [3.8, 4) is 11.5 Å². The molecule has 1 heterocycles. The first kappa shape index (κ1) is 28.3. The average molecular weight is 509 g/mol. The predicted molar refractivity (Wildman–Crippen MR) is 146 cm³/mol. The fraction of sp³-hybridized carbons (Fsp3) is 0.467. The molecule has 0 aliphatic carbocycles. The Morgan fingerprint density at radius 1 is 0.892 bits per heavy atom. The standard InChI is InChI=1S/C30H40N2O5/c1-7-31(8-2)18-9-19-32-27(22-10-14-24(15-11-22)36-20(3)4)26(29(34)30(32)35)28(33)23-12-16-25(17-13-23)37-21(5)6/h10-17,20-21,27,33H,7-9,18-19H2,1-6H3/b28-26-. The summed E-state index contributed by atoms with van der Waals surface area (Å²) in [4.78, 5) is 30.4. The highest BCUT2D eigenvalue weighted by Crippen LogP contribution is 2.40. The van der Waals surface area contributed by atoms with E-state index in [2.05, 4.69) is 18.7 Å². The number of aliphatic hydroxyl groups is 1. The molecule has 3 rings (SSSR count). The third-order valence-corrected chi connectivity index (χ3v) is 6.37. The summed E-state index contributed by atoms with van der Waals surface area (Å²) in [5, 5.41) is 11.3. The minimum absolute atomic E-state index is 0.0174. The van der Waals surface area contributed by atoms with Gasteiger partial charge in [0.25, 0.3) is 11.7 Å². The Morgan fingerprint density at radius 3 is 1.89 bits per heavy atom. The number of nitrogens with zero attached hydrogens (tertiary/aromatic N) is 2. The predicted octanol–water partition coefficient (Wildman–Crippen LogP) is 5.41. The molecule has 1 fully saturated rings. The van der Waals surface area contributed by atoms with E-state index in [1.165, 1.54) is 0 Å². The first-order valence-corrected chi connectivity index (χ1v) is 13.2. The van der Waals surface area contributed by atoms with Gasteiger partial charge in [0.05, 0.1) is 23.8 Å². The van der Waals surface area contributed by atoms with Crippen LogP contribution in [0, 0.1) is 0 Å². The number of hydrogen-bond acceptors (Lipinski definition) is 6. The van der Waals surface area contributed by atoms with Gasteiger partial charge < -0.3 is 24.4 Å². The van der Waals surface area contributed by atoms with Crippen LogP contribution in [0.1, 0.15) is 65.1 Å². The van der Waals surface area contributed by atoms with E-state index in [9.17, 15) is 14.7 Å². The molecule has 0 saturated carbocycles. The molecule has 1 aliphatic rings. The zero-order valence-corrected chi connectivity index (χ0v) is 22.9. The molecule has 0 spiro atoms. The summed E-state index contributed by atoms with van der Waals surface area (Å²) in [6.45, 7) is 15.1. The van der Waals surface area contributed by atoms with Crippen LogP contribution in [0.3, 0.4) is 0 Å². The van der Waals surface area contributed by atoms with Gasteiger partial charge in [-0.1, -0.05) is 26.0 Å². The average Bonchev–Trinajstić information content (AvgIpc) is 3.11. The molecule has 1 saturated heterocycles. The van der Waals surface area contributed by atoms with E-state index in [1.807, 2.05) is 52.0 Å².